The Morgan fingerprint density at radius 3 is 2.48 bits per heavy atom. The van der Waals surface area contributed by atoms with Crippen LogP contribution in [0.2, 0.25) is 5.02 Å². The molecule has 0 N–H and O–H groups in total. The highest BCUT2D eigenvalue weighted by molar-refractivity contribution is 6.31. The van der Waals surface area contributed by atoms with Gasteiger partial charge in [0.2, 0.25) is 0 Å². The number of rotatable bonds is 1. The van der Waals surface area contributed by atoms with E-state index in [4.69, 9.17) is 11.6 Å². The second kappa shape index (κ2) is 5.83. The lowest BCUT2D eigenvalue weighted by molar-refractivity contribution is 0.330. The summed E-state index contributed by atoms with van der Waals surface area (Å²) in [6, 6.07) is 15.2. The minimum Gasteiger partial charge on any atom is -0.0843 e. The van der Waals surface area contributed by atoms with E-state index in [0.717, 1.165) is 16.9 Å². The molecule has 0 aliphatic heterocycles. The van der Waals surface area contributed by atoms with Gasteiger partial charge in [-0.1, -0.05) is 67.8 Å². The molecule has 0 amide bonds. The fourth-order valence-electron chi connectivity index (χ4n) is 4.52. The lowest BCUT2D eigenvalue weighted by atomic mass is 9.75. The summed E-state index contributed by atoms with van der Waals surface area (Å²) < 4.78 is 0. The number of fused-ring (bicyclic) bond motifs is 3. The minimum atomic E-state index is 0.791. The number of benzene rings is 2. The summed E-state index contributed by atoms with van der Waals surface area (Å²) in [7, 11) is 0. The van der Waals surface area contributed by atoms with E-state index in [1.165, 1.54) is 53.5 Å². The Morgan fingerprint density at radius 2 is 1.70 bits per heavy atom. The van der Waals surface area contributed by atoms with E-state index in [9.17, 15) is 0 Å². The van der Waals surface area contributed by atoms with Crippen LogP contribution < -0.4 is 0 Å². The summed E-state index contributed by atoms with van der Waals surface area (Å²) in [5, 5.41) is 0.827. The van der Waals surface area contributed by atoms with Crippen molar-refractivity contribution in [2.45, 2.75) is 39.5 Å². The molecule has 4 rings (SSSR count). The van der Waals surface area contributed by atoms with E-state index in [1.807, 2.05) is 6.07 Å². The van der Waals surface area contributed by atoms with Crippen LogP contribution in [-0.4, -0.2) is 0 Å². The fourth-order valence-corrected chi connectivity index (χ4v) is 4.69. The Morgan fingerprint density at radius 1 is 0.957 bits per heavy atom. The van der Waals surface area contributed by atoms with E-state index in [-0.39, 0.29) is 0 Å². The van der Waals surface area contributed by atoms with Crippen molar-refractivity contribution >= 4 is 17.2 Å². The molecule has 118 valence electrons. The quantitative estimate of drug-likeness (QED) is 0.454. The van der Waals surface area contributed by atoms with Gasteiger partial charge in [-0.05, 0) is 71.1 Å². The van der Waals surface area contributed by atoms with E-state index in [0.29, 0.717) is 0 Å². The van der Waals surface area contributed by atoms with Crippen LogP contribution in [0.15, 0.2) is 48.0 Å². The number of hydrogen-bond acceptors (Lipinski definition) is 0. The molecular weight excluding hydrogens is 300 g/mol. The summed E-state index contributed by atoms with van der Waals surface area (Å²) in [5.41, 5.74) is 8.60. The zero-order valence-electron chi connectivity index (χ0n) is 13.9. The summed E-state index contributed by atoms with van der Waals surface area (Å²) >= 11 is 6.28. The molecule has 2 atom stereocenters. The third-order valence-corrected chi connectivity index (χ3v) is 5.77. The first-order valence-corrected chi connectivity index (χ1v) is 9.17. The second-order valence-electron chi connectivity index (χ2n) is 7.24. The Bertz CT molecular complexity index is 784. The SMILES string of the molecule is CCC1C/C(=C2/c3ccccc3-c3cc(Cl)ccc32)CC(C)C1. The normalized spacial score (nSPS) is 26.0. The predicted molar refractivity (Wildman–Crippen MR) is 99.7 cm³/mol. The van der Waals surface area contributed by atoms with Gasteiger partial charge in [-0.3, -0.25) is 0 Å². The van der Waals surface area contributed by atoms with Crippen molar-refractivity contribution in [1.29, 1.82) is 0 Å². The predicted octanol–water partition coefficient (Wildman–Crippen LogP) is 6.97. The minimum absolute atomic E-state index is 0.791. The fraction of sp³-hybridized carbons (Fsp3) is 0.364. The maximum Gasteiger partial charge on any atom is 0.0412 e. The smallest absolute Gasteiger partial charge is 0.0412 e. The Kier molecular flexibility index (Phi) is 3.81. The zero-order chi connectivity index (χ0) is 16.0. The molecule has 0 nitrogen and oxygen atoms in total. The molecule has 0 spiro atoms. The van der Waals surface area contributed by atoms with Crippen molar-refractivity contribution in [2.75, 3.05) is 0 Å². The molecule has 2 aromatic carbocycles. The first-order valence-electron chi connectivity index (χ1n) is 8.79. The lowest BCUT2D eigenvalue weighted by Crippen LogP contribution is -2.15. The first kappa shape index (κ1) is 15.0. The molecule has 0 heterocycles. The van der Waals surface area contributed by atoms with Crippen molar-refractivity contribution < 1.29 is 0 Å². The standard InChI is InChI=1S/C22H23Cl/c1-3-15-10-14(2)11-16(12-15)22-19-7-5-4-6-18(19)21-13-17(23)8-9-20(21)22/h4-9,13-15H,3,10-12H2,1-2H3/b22-16-. The van der Waals surface area contributed by atoms with Crippen molar-refractivity contribution in [1.82, 2.24) is 0 Å². The van der Waals surface area contributed by atoms with Crippen LogP contribution in [0.25, 0.3) is 16.7 Å². The molecule has 0 bridgehead atoms. The third kappa shape index (κ3) is 2.54. The van der Waals surface area contributed by atoms with Crippen molar-refractivity contribution in [3.8, 4) is 11.1 Å². The number of halogens is 1. The van der Waals surface area contributed by atoms with Crippen LogP contribution in [0.4, 0.5) is 0 Å². The average molecular weight is 323 g/mol. The van der Waals surface area contributed by atoms with Gasteiger partial charge in [0, 0.05) is 5.02 Å². The lowest BCUT2D eigenvalue weighted by Gasteiger charge is -2.30. The first-order chi connectivity index (χ1) is 11.2. The van der Waals surface area contributed by atoms with Gasteiger partial charge < -0.3 is 0 Å². The largest absolute Gasteiger partial charge is 0.0843 e. The van der Waals surface area contributed by atoms with E-state index in [2.05, 4.69) is 50.2 Å². The molecule has 0 radical (unpaired) electrons. The molecule has 1 saturated carbocycles. The maximum absolute atomic E-state index is 6.28. The maximum atomic E-state index is 6.28. The van der Waals surface area contributed by atoms with Gasteiger partial charge in [-0.2, -0.15) is 0 Å². The molecular formula is C22H23Cl. The van der Waals surface area contributed by atoms with Crippen LogP contribution >= 0.6 is 11.6 Å². The van der Waals surface area contributed by atoms with Crippen LogP contribution in [0, 0.1) is 11.8 Å². The summed E-state index contributed by atoms with van der Waals surface area (Å²) in [4.78, 5) is 0. The van der Waals surface area contributed by atoms with Gasteiger partial charge in [0.05, 0.1) is 0 Å². The molecule has 2 aliphatic rings. The van der Waals surface area contributed by atoms with Crippen LogP contribution in [-0.2, 0) is 0 Å². The summed E-state index contributed by atoms with van der Waals surface area (Å²) in [6.45, 7) is 4.74. The average Bonchev–Trinajstić information content (AvgIpc) is 2.88. The Labute approximate surface area is 144 Å². The molecule has 2 unspecified atom stereocenters. The summed E-state index contributed by atoms with van der Waals surface area (Å²) in [6.07, 6.45) is 5.16. The molecule has 1 fully saturated rings. The highest BCUT2D eigenvalue weighted by atomic mass is 35.5. The zero-order valence-corrected chi connectivity index (χ0v) is 14.7. The monoisotopic (exact) mass is 322 g/mol. The van der Waals surface area contributed by atoms with Gasteiger partial charge in [-0.25, -0.2) is 0 Å². The topological polar surface area (TPSA) is 0 Å². The summed E-state index contributed by atoms with van der Waals surface area (Å²) in [5.74, 6) is 1.63. The number of allylic oxidation sites excluding steroid dienone is 1. The van der Waals surface area contributed by atoms with Gasteiger partial charge in [0.25, 0.3) is 0 Å². The molecule has 23 heavy (non-hydrogen) atoms. The second-order valence-corrected chi connectivity index (χ2v) is 7.67. The Balaban J connectivity index is 1.93. The van der Waals surface area contributed by atoms with Gasteiger partial charge in [-0.15, -0.1) is 0 Å². The molecule has 2 aromatic rings. The van der Waals surface area contributed by atoms with E-state index >= 15 is 0 Å². The third-order valence-electron chi connectivity index (χ3n) is 5.53. The highest BCUT2D eigenvalue weighted by Gasteiger charge is 2.29. The molecule has 0 aromatic heterocycles. The van der Waals surface area contributed by atoms with E-state index < -0.39 is 0 Å². The van der Waals surface area contributed by atoms with Crippen molar-refractivity contribution in [3.05, 3.63) is 64.2 Å². The molecule has 1 heteroatoms. The van der Waals surface area contributed by atoms with E-state index in [1.54, 1.807) is 5.57 Å². The number of hydrogen-bond donors (Lipinski definition) is 0. The Hall–Kier alpha value is -1.53. The molecule has 0 saturated heterocycles. The van der Waals surface area contributed by atoms with Crippen LogP contribution in [0.5, 0.6) is 0 Å². The molecule has 2 aliphatic carbocycles. The highest BCUT2D eigenvalue weighted by Crippen LogP contribution is 2.49. The van der Waals surface area contributed by atoms with Gasteiger partial charge in [0.1, 0.15) is 0 Å². The van der Waals surface area contributed by atoms with Gasteiger partial charge >= 0.3 is 0 Å². The van der Waals surface area contributed by atoms with Crippen LogP contribution in [0.3, 0.4) is 0 Å². The van der Waals surface area contributed by atoms with Crippen molar-refractivity contribution in [2.24, 2.45) is 11.8 Å². The van der Waals surface area contributed by atoms with Gasteiger partial charge in [0.15, 0.2) is 0 Å². The van der Waals surface area contributed by atoms with Crippen molar-refractivity contribution in [3.63, 3.8) is 0 Å². The van der Waals surface area contributed by atoms with Crippen LogP contribution in [0.1, 0.15) is 50.7 Å².